The van der Waals surface area contributed by atoms with E-state index in [0.29, 0.717) is 34.6 Å². The Morgan fingerprint density at radius 3 is 2.48 bits per heavy atom. The van der Waals surface area contributed by atoms with Crippen molar-refractivity contribution < 1.29 is 30.7 Å². The molecule has 1 aliphatic rings. The number of methoxy groups -OCH3 is 1. The highest BCUT2D eigenvalue weighted by Gasteiger charge is 2.31. The average Bonchev–Trinajstić information content (AvgIpc) is 3.46. The van der Waals surface area contributed by atoms with E-state index in [4.69, 9.17) is 4.74 Å². The molecule has 0 amide bonds. The second-order valence-corrected chi connectivity index (χ2v) is 11.4. The molecule has 0 unspecified atom stereocenters. The van der Waals surface area contributed by atoms with Crippen LogP contribution >= 0.6 is 0 Å². The number of rotatable bonds is 8. The van der Waals surface area contributed by atoms with Crippen LogP contribution in [0.5, 0.6) is 5.75 Å². The summed E-state index contributed by atoms with van der Waals surface area (Å²) in [6, 6.07) is 15.1. The Hall–Kier alpha value is -3.97. The zero-order chi connectivity index (χ0) is 28.7. The normalized spacial score (nSPS) is 15.3. The van der Waals surface area contributed by atoms with Gasteiger partial charge in [-0.2, -0.15) is 22.6 Å². The Morgan fingerprint density at radius 1 is 1.10 bits per heavy atom. The summed E-state index contributed by atoms with van der Waals surface area (Å²) in [4.78, 5) is 3.84. The van der Waals surface area contributed by atoms with E-state index in [9.17, 15) is 26.0 Å². The molecule has 40 heavy (non-hydrogen) atoms. The predicted octanol–water partition coefficient (Wildman–Crippen LogP) is 5.43. The molecule has 13 heteroatoms. The summed E-state index contributed by atoms with van der Waals surface area (Å²) in [6.07, 6.45) is -4.69. The van der Waals surface area contributed by atoms with Crippen molar-refractivity contribution in [3.05, 3.63) is 83.7 Å². The number of ether oxygens (including phenoxy) is 1. The number of alkyl halides is 4. The number of hydrogen-bond acceptors (Lipinski definition) is 6. The van der Waals surface area contributed by atoms with Crippen LogP contribution in [0.25, 0.3) is 11.3 Å². The van der Waals surface area contributed by atoms with Gasteiger partial charge in [-0.25, -0.2) is 17.8 Å². The molecule has 2 aromatic heterocycles. The van der Waals surface area contributed by atoms with Crippen LogP contribution in [0, 0.1) is 0 Å². The fourth-order valence-corrected chi connectivity index (χ4v) is 5.61. The van der Waals surface area contributed by atoms with E-state index in [2.05, 4.69) is 15.4 Å². The minimum atomic E-state index is -4.53. The summed E-state index contributed by atoms with van der Waals surface area (Å²) in [5.74, 6) is 0.771. The zero-order valence-corrected chi connectivity index (χ0v) is 22.3. The molecule has 0 radical (unpaired) electrons. The Balaban J connectivity index is 1.48. The van der Waals surface area contributed by atoms with E-state index in [1.807, 2.05) is 0 Å². The number of nitrogens with one attached hydrogen (secondary N) is 1. The van der Waals surface area contributed by atoms with Crippen LogP contribution in [0.4, 0.5) is 29.1 Å². The number of sulfonamides is 1. The molecule has 4 aromatic rings. The maximum absolute atomic E-state index is 13.8. The maximum Gasteiger partial charge on any atom is 0.417 e. The SMILES string of the molecule is COc1ccc(CN(C)S(=O)(=O)c2ccc(Nc3ccc(C(F)(F)F)cn3)c(-c3cc4n(n3)C[C@H](F)C4)c2)cc1. The van der Waals surface area contributed by atoms with Gasteiger partial charge in [-0.05, 0) is 54.1 Å². The van der Waals surface area contributed by atoms with Gasteiger partial charge in [0.1, 0.15) is 17.7 Å². The number of hydrogen-bond donors (Lipinski definition) is 1. The van der Waals surface area contributed by atoms with E-state index < -0.39 is 27.9 Å². The summed E-state index contributed by atoms with van der Waals surface area (Å²) in [6.45, 7) is 0.189. The molecule has 1 atom stereocenters. The summed E-state index contributed by atoms with van der Waals surface area (Å²) in [5, 5.41) is 7.42. The van der Waals surface area contributed by atoms with Gasteiger partial charge >= 0.3 is 6.18 Å². The van der Waals surface area contributed by atoms with Crippen molar-refractivity contribution >= 4 is 21.5 Å². The van der Waals surface area contributed by atoms with Gasteiger partial charge in [-0.15, -0.1) is 0 Å². The van der Waals surface area contributed by atoms with E-state index in [-0.39, 0.29) is 30.2 Å². The van der Waals surface area contributed by atoms with Crippen molar-refractivity contribution in [3.8, 4) is 17.0 Å². The molecule has 0 spiro atoms. The van der Waals surface area contributed by atoms with Crippen LogP contribution in [0.15, 0.2) is 71.8 Å². The third kappa shape index (κ3) is 5.65. The van der Waals surface area contributed by atoms with Crippen LogP contribution in [0.3, 0.4) is 0 Å². The van der Waals surface area contributed by atoms with Crippen molar-refractivity contribution in [2.24, 2.45) is 0 Å². The number of anilines is 2. The molecule has 0 fully saturated rings. The number of pyridine rings is 1. The Morgan fingerprint density at radius 2 is 1.85 bits per heavy atom. The molecule has 2 aromatic carbocycles. The first-order valence-corrected chi connectivity index (χ1v) is 13.6. The number of fused-ring (bicyclic) bond motifs is 1. The molecule has 210 valence electrons. The minimum absolute atomic E-state index is 0.0130. The summed E-state index contributed by atoms with van der Waals surface area (Å²) >= 11 is 0. The fourth-order valence-electron chi connectivity index (χ4n) is 4.42. The topological polar surface area (TPSA) is 89.4 Å². The van der Waals surface area contributed by atoms with Gasteiger partial charge in [0.15, 0.2) is 0 Å². The lowest BCUT2D eigenvalue weighted by Crippen LogP contribution is -2.26. The fraction of sp³-hybridized carbons (Fsp3) is 0.259. The zero-order valence-electron chi connectivity index (χ0n) is 21.5. The van der Waals surface area contributed by atoms with Gasteiger partial charge in [-0.3, -0.25) is 4.68 Å². The highest BCUT2D eigenvalue weighted by atomic mass is 32.2. The van der Waals surface area contributed by atoms with Gasteiger partial charge in [-0.1, -0.05) is 12.1 Å². The van der Waals surface area contributed by atoms with Crippen molar-refractivity contribution in [3.63, 3.8) is 0 Å². The Kier molecular flexibility index (Phi) is 7.27. The highest BCUT2D eigenvalue weighted by molar-refractivity contribution is 7.89. The van der Waals surface area contributed by atoms with Crippen LogP contribution in [0.2, 0.25) is 0 Å². The smallest absolute Gasteiger partial charge is 0.417 e. The first-order chi connectivity index (χ1) is 18.9. The third-order valence-electron chi connectivity index (χ3n) is 6.56. The van der Waals surface area contributed by atoms with E-state index in [0.717, 1.165) is 11.6 Å². The Bertz CT molecular complexity index is 1600. The van der Waals surface area contributed by atoms with Gasteiger partial charge in [0.2, 0.25) is 10.0 Å². The van der Waals surface area contributed by atoms with Crippen molar-refractivity contribution in [2.75, 3.05) is 19.5 Å². The molecular formula is C27H25F4N5O3S. The molecule has 0 aliphatic carbocycles. The molecule has 0 saturated heterocycles. The molecular weight excluding hydrogens is 550 g/mol. The molecule has 3 heterocycles. The highest BCUT2D eigenvalue weighted by Crippen LogP contribution is 2.35. The summed E-state index contributed by atoms with van der Waals surface area (Å²) in [5.41, 5.74) is 1.66. The van der Waals surface area contributed by atoms with Crippen LogP contribution in [-0.4, -0.2) is 47.8 Å². The van der Waals surface area contributed by atoms with Crippen molar-refractivity contribution in [1.82, 2.24) is 19.1 Å². The second kappa shape index (κ2) is 10.5. The summed E-state index contributed by atoms with van der Waals surface area (Å²) < 4.78 is 87.7. The van der Waals surface area contributed by atoms with Gasteiger partial charge in [0.25, 0.3) is 0 Å². The van der Waals surface area contributed by atoms with E-state index in [1.54, 1.807) is 37.4 Å². The molecule has 0 saturated carbocycles. The molecule has 8 nitrogen and oxygen atoms in total. The van der Waals surface area contributed by atoms with E-state index in [1.165, 1.54) is 40.3 Å². The molecule has 5 rings (SSSR count). The third-order valence-corrected chi connectivity index (χ3v) is 8.36. The maximum atomic E-state index is 13.8. The lowest BCUT2D eigenvalue weighted by atomic mass is 10.1. The number of halogens is 4. The number of nitrogens with zero attached hydrogens (tertiary/aromatic N) is 4. The first-order valence-electron chi connectivity index (χ1n) is 12.2. The molecule has 0 bridgehead atoms. The quantitative estimate of drug-likeness (QED) is 0.282. The van der Waals surface area contributed by atoms with Gasteiger partial charge < -0.3 is 10.1 Å². The first kappa shape index (κ1) is 27.6. The average molecular weight is 576 g/mol. The predicted molar refractivity (Wildman–Crippen MR) is 140 cm³/mol. The summed E-state index contributed by atoms with van der Waals surface area (Å²) in [7, 11) is -0.955. The van der Waals surface area contributed by atoms with Gasteiger partial charge in [0.05, 0.1) is 29.8 Å². The Labute approximate surface area is 228 Å². The standard InChI is InChI=1S/C27H25F4N5O3S/c1-35(15-17-3-6-21(39-2)7-4-17)40(37,38)22-8-9-24(33-26-10-5-18(14-32-26)27(29,30)31)23(13-22)25-12-20-11-19(28)16-36(20)34-25/h3-10,12-14,19H,11,15-16H2,1-2H3,(H,32,33)/t19-/m1/s1. The van der Waals surface area contributed by atoms with Crippen molar-refractivity contribution in [1.29, 1.82) is 0 Å². The monoisotopic (exact) mass is 575 g/mol. The largest absolute Gasteiger partial charge is 0.497 e. The van der Waals surface area contributed by atoms with Crippen LogP contribution in [0.1, 0.15) is 16.8 Å². The molecule has 1 aliphatic heterocycles. The van der Waals surface area contributed by atoms with Crippen molar-refractivity contribution in [2.45, 2.75) is 36.8 Å². The second-order valence-electron chi connectivity index (χ2n) is 9.38. The lowest BCUT2D eigenvalue weighted by molar-refractivity contribution is -0.137. The van der Waals surface area contributed by atoms with Crippen LogP contribution < -0.4 is 10.1 Å². The number of aromatic nitrogens is 3. The van der Waals surface area contributed by atoms with Crippen LogP contribution in [-0.2, 0) is 35.7 Å². The number of benzene rings is 2. The van der Waals surface area contributed by atoms with E-state index >= 15 is 0 Å². The lowest BCUT2D eigenvalue weighted by Gasteiger charge is -2.19. The molecule has 1 N–H and O–H groups in total. The van der Waals surface area contributed by atoms with Gasteiger partial charge in [0, 0.05) is 43.2 Å². The minimum Gasteiger partial charge on any atom is -0.497 e.